The van der Waals surface area contributed by atoms with Crippen LogP contribution >= 0.6 is 34.5 Å². The van der Waals surface area contributed by atoms with Crippen molar-refractivity contribution in [3.63, 3.8) is 0 Å². The molecule has 142 valence electrons. The van der Waals surface area contributed by atoms with Gasteiger partial charge in [0.05, 0.1) is 16.7 Å². The van der Waals surface area contributed by atoms with E-state index in [4.69, 9.17) is 27.9 Å². The molecule has 0 aliphatic carbocycles. The highest BCUT2D eigenvalue weighted by molar-refractivity contribution is 7.13. The average molecular weight is 430 g/mol. The molecule has 2 aromatic heterocycles. The second-order valence-corrected chi connectivity index (χ2v) is 8.10. The topological polar surface area (TPSA) is 31.2 Å². The molecule has 0 radical (unpaired) electrons. The highest BCUT2D eigenvalue weighted by Crippen LogP contribution is 2.31. The molecule has 0 fully saturated rings. The lowest BCUT2D eigenvalue weighted by atomic mass is 10.1. The Kier molecular flexibility index (Phi) is 5.44. The van der Waals surface area contributed by atoms with Gasteiger partial charge < -0.3 is 9.30 Å². The number of carbonyl (C=O) groups excluding carboxylic acids is 1. The van der Waals surface area contributed by atoms with E-state index in [2.05, 4.69) is 23.6 Å². The van der Waals surface area contributed by atoms with E-state index in [1.54, 1.807) is 24.3 Å². The first-order valence-electron chi connectivity index (χ1n) is 8.85. The number of halogens is 2. The van der Waals surface area contributed by atoms with Gasteiger partial charge in [0.15, 0.2) is 0 Å². The van der Waals surface area contributed by atoms with Gasteiger partial charge in [-0.25, -0.2) is 4.79 Å². The van der Waals surface area contributed by atoms with Crippen molar-refractivity contribution < 1.29 is 9.53 Å². The molecule has 0 aliphatic heterocycles. The van der Waals surface area contributed by atoms with Crippen LogP contribution in [0.4, 0.5) is 0 Å². The number of aromatic nitrogens is 1. The molecule has 3 nitrogen and oxygen atoms in total. The van der Waals surface area contributed by atoms with Gasteiger partial charge in [0.1, 0.15) is 5.69 Å². The molecule has 0 N–H and O–H groups in total. The van der Waals surface area contributed by atoms with E-state index in [1.165, 1.54) is 4.88 Å². The summed E-state index contributed by atoms with van der Waals surface area (Å²) in [6.45, 7) is 2.62. The molecular weight excluding hydrogens is 413 g/mol. The smallest absolute Gasteiger partial charge is 0.354 e. The summed E-state index contributed by atoms with van der Waals surface area (Å²) in [6.07, 6.45) is 0. The number of fused-ring (bicyclic) bond motifs is 1. The molecule has 0 amide bonds. The monoisotopic (exact) mass is 429 g/mol. The van der Waals surface area contributed by atoms with Crippen molar-refractivity contribution in [1.29, 1.82) is 0 Å². The zero-order valence-corrected chi connectivity index (χ0v) is 17.4. The number of esters is 1. The van der Waals surface area contributed by atoms with Gasteiger partial charge in [0, 0.05) is 22.3 Å². The Bertz CT molecular complexity index is 1150. The van der Waals surface area contributed by atoms with Crippen molar-refractivity contribution in [3.05, 3.63) is 81.3 Å². The lowest BCUT2D eigenvalue weighted by Crippen LogP contribution is -2.13. The Labute approximate surface area is 177 Å². The fourth-order valence-electron chi connectivity index (χ4n) is 3.22. The fraction of sp³-hybridized carbons (Fsp3) is 0.136. The molecule has 2 heterocycles. The van der Waals surface area contributed by atoms with E-state index < -0.39 is 0 Å². The number of nitrogens with zero attached hydrogens (tertiary/aromatic N) is 1. The molecule has 4 aromatic rings. The molecule has 28 heavy (non-hydrogen) atoms. The van der Waals surface area contributed by atoms with Crippen molar-refractivity contribution in [2.45, 2.75) is 13.5 Å². The predicted molar refractivity (Wildman–Crippen MR) is 117 cm³/mol. The van der Waals surface area contributed by atoms with Gasteiger partial charge in [-0.05, 0) is 53.8 Å². The molecule has 4 rings (SSSR count). The van der Waals surface area contributed by atoms with Crippen LogP contribution in [-0.4, -0.2) is 17.1 Å². The van der Waals surface area contributed by atoms with Crippen molar-refractivity contribution >= 4 is 51.4 Å². The summed E-state index contributed by atoms with van der Waals surface area (Å²) < 4.78 is 7.25. The van der Waals surface area contributed by atoms with Crippen LogP contribution < -0.4 is 0 Å². The van der Waals surface area contributed by atoms with Gasteiger partial charge in [0.25, 0.3) is 0 Å². The Morgan fingerprint density at radius 3 is 2.64 bits per heavy atom. The summed E-state index contributed by atoms with van der Waals surface area (Å²) in [6, 6.07) is 17.7. The van der Waals surface area contributed by atoms with E-state index in [-0.39, 0.29) is 5.97 Å². The summed E-state index contributed by atoms with van der Waals surface area (Å²) in [4.78, 5) is 13.8. The van der Waals surface area contributed by atoms with Crippen molar-refractivity contribution in [2.24, 2.45) is 0 Å². The SMILES string of the molecule is CCOC(=O)c1cc2ccc(-c3cccs3)cc2n1Cc1ccc(Cl)c(Cl)c1. The number of hydrogen-bond acceptors (Lipinski definition) is 3. The Hall–Kier alpha value is -2.27. The van der Waals surface area contributed by atoms with Crippen LogP contribution in [0, 0.1) is 0 Å². The summed E-state index contributed by atoms with van der Waals surface area (Å²) in [7, 11) is 0. The molecule has 0 spiro atoms. The molecule has 0 aliphatic rings. The molecule has 0 bridgehead atoms. The van der Waals surface area contributed by atoms with Gasteiger partial charge in [-0.2, -0.15) is 0 Å². The first-order chi connectivity index (χ1) is 13.6. The van der Waals surface area contributed by atoms with Crippen molar-refractivity contribution in [1.82, 2.24) is 4.57 Å². The van der Waals surface area contributed by atoms with Gasteiger partial charge in [0.2, 0.25) is 0 Å². The zero-order chi connectivity index (χ0) is 19.7. The molecule has 2 aromatic carbocycles. The zero-order valence-electron chi connectivity index (χ0n) is 15.1. The molecule has 6 heteroatoms. The fourth-order valence-corrected chi connectivity index (χ4v) is 4.26. The van der Waals surface area contributed by atoms with Crippen molar-refractivity contribution in [2.75, 3.05) is 6.61 Å². The second kappa shape index (κ2) is 8.00. The number of rotatable bonds is 5. The van der Waals surface area contributed by atoms with Gasteiger partial charge in [-0.15, -0.1) is 11.3 Å². The minimum Gasteiger partial charge on any atom is -0.461 e. The molecular formula is C22H17Cl2NO2S. The lowest BCUT2D eigenvalue weighted by Gasteiger charge is -2.12. The first kappa shape index (κ1) is 19.1. The standard InChI is InChI=1S/C22H17Cl2NO2S/c1-2-27-22(26)20-11-15-6-7-16(21-4-3-9-28-21)12-19(15)25(20)13-14-5-8-17(23)18(24)10-14/h3-12H,2,13H2,1H3. The van der Waals surface area contributed by atoms with E-state index >= 15 is 0 Å². The summed E-state index contributed by atoms with van der Waals surface area (Å²) in [5.74, 6) is -0.337. The maximum Gasteiger partial charge on any atom is 0.354 e. The van der Waals surface area contributed by atoms with Crippen LogP contribution in [-0.2, 0) is 11.3 Å². The maximum atomic E-state index is 12.6. The lowest BCUT2D eigenvalue weighted by molar-refractivity contribution is 0.0515. The highest BCUT2D eigenvalue weighted by Gasteiger charge is 2.18. The largest absolute Gasteiger partial charge is 0.461 e. The minimum atomic E-state index is -0.337. The first-order valence-corrected chi connectivity index (χ1v) is 10.5. The minimum absolute atomic E-state index is 0.327. The summed E-state index contributed by atoms with van der Waals surface area (Å²) in [5, 5.41) is 4.04. The number of benzene rings is 2. The normalized spacial score (nSPS) is 11.1. The number of ether oxygens (including phenoxy) is 1. The Morgan fingerprint density at radius 2 is 1.93 bits per heavy atom. The van der Waals surface area contributed by atoms with Gasteiger partial charge in [-0.3, -0.25) is 0 Å². The van der Waals surface area contributed by atoms with Gasteiger partial charge in [-0.1, -0.05) is 47.5 Å². The predicted octanol–water partition coefficient (Wildman–Crippen LogP) is 6.90. The highest BCUT2D eigenvalue weighted by atomic mass is 35.5. The molecule has 0 unspecified atom stereocenters. The molecule has 0 saturated carbocycles. The van der Waals surface area contributed by atoms with Crippen LogP contribution in [0.2, 0.25) is 10.0 Å². The summed E-state index contributed by atoms with van der Waals surface area (Å²) in [5.41, 5.74) is 3.57. The quantitative estimate of drug-likeness (QED) is 0.323. The van der Waals surface area contributed by atoms with E-state index in [9.17, 15) is 4.79 Å². The number of thiophene rings is 1. The summed E-state index contributed by atoms with van der Waals surface area (Å²) >= 11 is 13.9. The number of carbonyl (C=O) groups is 1. The van der Waals surface area contributed by atoms with Crippen LogP contribution in [0.5, 0.6) is 0 Å². The molecule has 0 saturated heterocycles. The third kappa shape index (κ3) is 3.68. The third-order valence-electron chi connectivity index (χ3n) is 4.52. The van der Waals surface area contributed by atoms with Crippen LogP contribution in [0.15, 0.2) is 60.0 Å². The van der Waals surface area contributed by atoms with Crippen LogP contribution in [0.1, 0.15) is 23.0 Å². The van der Waals surface area contributed by atoms with E-state index in [0.717, 1.165) is 22.0 Å². The van der Waals surface area contributed by atoms with E-state index in [0.29, 0.717) is 28.9 Å². The van der Waals surface area contributed by atoms with Crippen LogP contribution in [0.25, 0.3) is 21.3 Å². The van der Waals surface area contributed by atoms with E-state index in [1.807, 2.05) is 34.9 Å². The second-order valence-electron chi connectivity index (χ2n) is 6.34. The Morgan fingerprint density at radius 1 is 1.07 bits per heavy atom. The van der Waals surface area contributed by atoms with Gasteiger partial charge >= 0.3 is 5.97 Å². The van der Waals surface area contributed by atoms with Crippen molar-refractivity contribution in [3.8, 4) is 10.4 Å². The third-order valence-corrected chi connectivity index (χ3v) is 6.18. The molecule has 0 atom stereocenters. The maximum absolute atomic E-state index is 12.6. The average Bonchev–Trinajstić information content (AvgIpc) is 3.33. The van der Waals surface area contributed by atoms with Crippen LogP contribution in [0.3, 0.4) is 0 Å². The Balaban J connectivity index is 1.85. The number of hydrogen-bond donors (Lipinski definition) is 0.